The zero-order chi connectivity index (χ0) is 19.7. The Morgan fingerprint density at radius 2 is 2.00 bits per heavy atom. The second-order valence-electron chi connectivity index (χ2n) is 6.62. The fourth-order valence-corrected chi connectivity index (χ4v) is 4.02. The van der Waals surface area contributed by atoms with Crippen LogP contribution in [0.3, 0.4) is 0 Å². The molecular weight excluding hydrogens is 378 g/mol. The van der Waals surface area contributed by atoms with Crippen LogP contribution in [0.25, 0.3) is 16.3 Å². The minimum absolute atomic E-state index is 0.171. The molecule has 1 atom stereocenters. The molecule has 1 aliphatic rings. The largest absolute Gasteiger partial charge is 0.465 e. The van der Waals surface area contributed by atoms with Crippen molar-refractivity contribution in [3.8, 4) is 16.3 Å². The highest BCUT2D eigenvalue weighted by molar-refractivity contribution is 7.13. The van der Waals surface area contributed by atoms with Gasteiger partial charge in [0, 0.05) is 42.8 Å². The first-order chi connectivity index (χ1) is 13.5. The Bertz CT molecular complexity index is 1000. The van der Waals surface area contributed by atoms with Crippen molar-refractivity contribution in [2.75, 3.05) is 19.6 Å². The molecule has 144 valence electrons. The first-order valence-electron chi connectivity index (χ1n) is 8.88. The summed E-state index contributed by atoms with van der Waals surface area (Å²) in [7, 11) is 0. The summed E-state index contributed by atoms with van der Waals surface area (Å²) < 4.78 is 1.77. The van der Waals surface area contributed by atoms with E-state index in [2.05, 4.69) is 10.1 Å². The van der Waals surface area contributed by atoms with Crippen LogP contribution < -0.4 is 0 Å². The van der Waals surface area contributed by atoms with Gasteiger partial charge in [-0.1, -0.05) is 18.2 Å². The average Bonchev–Trinajstić information content (AvgIpc) is 3.37. The molecule has 9 heteroatoms. The van der Waals surface area contributed by atoms with Crippen LogP contribution in [0.1, 0.15) is 17.4 Å². The first kappa shape index (κ1) is 18.2. The van der Waals surface area contributed by atoms with E-state index in [1.807, 2.05) is 36.5 Å². The fourth-order valence-electron chi connectivity index (χ4n) is 3.25. The van der Waals surface area contributed by atoms with E-state index in [0.717, 1.165) is 16.3 Å². The van der Waals surface area contributed by atoms with Crippen molar-refractivity contribution in [3.05, 3.63) is 53.8 Å². The number of hydrogen-bond acceptors (Lipinski definition) is 5. The molecule has 3 heterocycles. The summed E-state index contributed by atoms with van der Waals surface area (Å²) in [6.45, 7) is 2.85. The summed E-state index contributed by atoms with van der Waals surface area (Å²) in [6.07, 6.45) is 2.66. The van der Waals surface area contributed by atoms with Crippen molar-refractivity contribution in [2.24, 2.45) is 0 Å². The van der Waals surface area contributed by atoms with Gasteiger partial charge in [0.05, 0.1) is 11.9 Å². The van der Waals surface area contributed by atoms with Gasteiger partial charge in [-0.2, -0.15) is 5.10 Å². The number of hydrogen-bond donors (Lipinski definition) is 1. The Morgan fingerprint density at radius 1 is 1.21 bits per heavy atom. The molecule has 0 aliphatic carbocycles. The predicted octanol–water partition coefficient (Wildman–Crippen LogP) is 2.82. The number of rotatable bonds is 3. The normalized spacial score (nSPS) is 17.0. The molecule has 28 heavy (non-hydrogen) atoms. The number of thiazole rings is 1. The van der Waals surface area contributed by atoms with Crippen LogP contribution in [0.4, 0.5) is 4.79 Å². The molecule has 1 N–H and O–H groups in total. The van der Waals surface area contributed by atoms with Gasteiger partial charge in [0.25, 0.3) is 5.91 Å². The topological polar surface area (TPSA) is 91.6 Å². The zero-order valence-electron chi connectivity index (χ0n) is 15.2. The van der Waals surface area contributed by atoms with Gasteiger partial charge >= 0.3 is 6.09 Å². The number of amides is 2. The van der Waals surface area contributed by atoms with Crippen LogP contribution in [0, 0.1) is 0 Å². The van der Waals surface area contributed by atoms with Gasteiger partial charge in [-0.15, -0.1) is 11.3 Å². The molecule has 1 fully saturated rings. The third-order valence-corrected chi connectivity index (χ3v) is 5.63. The first-order valence-corrected chi connectivity index (χ1v) is 9.75. The van der Waals surface area contributed by atoms with Gasteiger partial charge in [0.2, 0.25) is 0 Å². The quantitative estimate of drug-likeness (QED) is 0.734. The molecule has 1 aliphatic heterocycles. The van der Waals surface area contributed by atoms with Crippen molar-refractivity contribution in [1.29, 1.82) is 0 Å². The number of carbonyl (C=O) groups excluding carboxylic acids is 1. The smallest absolute Gasteiger partial charge is 0.407 e. The molecule has 0 bridgehead atoms. The summed E-state index contributed by atoms with van der Waals surface area (Å²) in [5.74, 6) is -0.171. The van der Waals surface area contributed by atoms with Gasteiger partial charge in [-0.05, 0) is 19.1 Å². The lowest BCUT2D eigenvalue weighted by Gasteiger charge is -2.37. The fraction of sp³-hybridized carbons (Fsp3) is 0.263. The molecule has 0 spiro atoms. The maximum atomic E-state index is 12.8. The molecule has 4 rings (SSSR count). The van der Waals surface area contributed by atoms with Gasteiger partial charge < -0.3 is 14.9 Å². The Balaban J connectivity index is 1.48. The number of aromatic nitrogens is 3. The number of carboxylic acid groups (broad SMARTS) is 1. The van der Waals surface area contributed by atoms with Gasteiger partial charge in [-0.3, -0.25) is 4.79 Å². The van der Waals surface area contributed by atoms with Crippen molar-refractivity contribution in [2.45, 2.75) is 13.0 Å². The van der Waals surface area contributed by atoms with Crippen LogP contribution in [0.15, 0.2) is 48.1 Å². The zero-order valence-corrected chi connectivity index (χ0v) is 16.0. The van der Waals surface area contributed by atoms with E-state index in [9.17, 15) is 9.59 Å². The van der Waals surface area contributed by atoms with Crippen molar-refractivity contribution < 1.29 is 14.7 Å². The summed E-state index contributed by atoms with van der Waals surface area (Å²) in [5, 5.41) is 16.0. The second-order valence-corrected chi connectivity index (χ2v) is 7.48. The SMILES string of the molecule is C[C@H]1CN(C(=O)c2csc(-c3cnn(-c4ccccc4)c3)n2)CCN1C(=O)O. The van der Waals surface area contributed by atoms with Crippen molar-refractivity contribution >= 4 is 23.3 Å². The van der Waals surface area contributed by atoms with Crippen LogP contribution in [-0.4, -0.2) is 67.3 Å². The summed E-state index contributed by atoms with van der Waals surface area (Å²) in [4.78, 5) is 31.5. The maximum Gasteiger partial charge on any atom is 0.407 e. The Morgan fingerprint density at radius 3 is 2.71 bits per heavy atom. The lowest BCUT2D eigenvalue weighted by Crippen LogP contribution is -2.55. The van der Waals surface area contributed by atoms with E-state index in [0.29, 0.717) is 25.3 Å². The molecule has 2 aromatic heterocycles. The molecule has 0 unspecified atom stereocenters. The summed E-state index contributed by atoms with van der Waals surface area (Å²) >= 11 is 1.39. The Hall–Kier alpha value is -3.20. The Labute approximate surface area is 165 Å². The minimum Gasteiger partial charge on any atom is -0.465 e. The highest BCUT2D eigenvalue weighted by Gasteiger charge is 2.30. The van der Waals surface area contributed by atoms with E-state index in [-0.39, 0.29) is 11.9 Å². The maximum absolute atomic E-state index is 12.8. The van der Waals surface area contributed by atoms with Gasteiger partial charge in [0.1, 0.15) is 10.7 Å². The standard InChI is InChI=1S/C19H19N5O3S/c1-13-10-22(7-8-23(13)19(26)27)18(25)16-12-28-17(21-16)14-9-20-24(11-14)15-5-3-2-4-6-15/h2-6,9,11-13H,7-8,10H2,1H3,(H,26,27)/t13-/m0/s1. The van der Waals surface area contributed by atoms with E-state index >= 15 is 0 Å². The second kappa shape index (κ2) is 7.43. The number of benzene rings is 1. The molecule has 1 saturated heterocycles. The molecule has 0 radical (unpaired) electrons. The minimum atomic E-state index is -0.953. The van der Waals surface area contributed by atoms with Crippen LogP contribution >= 0.6 is 11.3 Å². The molecule has 0 saturated carbocycles. The van der Waals surface area contributed by atoms with E-state index < -0.39 is 6.09 Å². The number of carbonyl (C=O) groups is 2. The van der Waals surface area contributed by atoms with Gasteiger partial charge in [0.15, 0.2) is 0 Å². The van der Waals surface area contributed by atoms with E-state index in [1.54, 1.807) is 28.1 Å². The number of para-hydroxylation sites is 1. The summed E-state index contributed by atoms with van der Waals surface area (Å²) in [6, 6.07) is 9.53. The molecule has 2 amide bonds. The van der Waals surface area contributed by atoms with E-state index in [1.165, 1.54) is 16.2 Å². The third-order valence-electron chi connectivity index (χ3n) is 4.73. The van der Waals surface area contributed by atoms with Crippen molar-refractivity contribution in [3.63, 3.8) is 0 Å². The number of piperazine rings is 1. The molecule has 3 aromatic rings. The van der Waals surface area contributed by atoms with E-state index in [4.69, 9.17) is 5.11 Å². The third kappa shape index (κ3) is 3.48. The van der Waals surface area contributed by atoms with Gasteiger partial charge in [-0.25, -0.2) is 14.5 Å². The van der Waals surface area contributed by atoms with Crippen LogP contribution in [-0.2, 0) is 0 Å². The molecule has 1 aromatic carbocycles. The Kier molecular flexibility index (Phi) is 4.82. The predicted molar refractivity (Wildman–Crippen MR) is 105 cm³/mol. The van der Waals surface area contributed by atoms with Crippen LogP contribution in [0.2, 0.25) is 0 Å². The number of nitrogens with zero attached hydrogens (tertiary/aromatic N) is 5. The highest BCUT2D eigenvalue weighted by atomic mass is 32.1. The monoisotopic (exact) mass is 397 g/mol. The van der Waals surface area contributed by atoms with Crippen molar-refractivity contribution in [1.82, 2.24) is 24.6 Å². The molecule has 8 nitrogen and oxygen atoms in total. The lowest BCUT2D eigenvalue weighted by atomic mass is 10.2. The summed E-state index contributed by atoms with van der Waals surface area (Å²) in [5.41, 5.74) is 2.17. The molecular formula is C19H19N5O3S. The van der Waals surface area contributed by atoms with Crippen LogP contribution in [0.5, 0.6) is 0 Å². The highest BCUT2D eigenvalue weighted by Crippen LogP contribution is 2.25. The lowest BCUT2D eigenvalue weighted by molar-refractivity contribution is 0.0503. The average molecular weight is 397 g/mol.